The summed E-state index contributed by atoms with van der Waals surface area (Å²) in [6.07, 6.45) is 0. The zero-order valence-corrected chi connectivity index (χ0v) is 16.7. The van der Waals surface area contributed by atoms with Crippen molar-refractivity contribution in [2.75, 3.05) is 39.4 Å². The molecule has 3 rings (SSSR count). The fraction of sp³-hybridized carbons (Fsp3) is 0.300. The Labute approximate surface area is 173 Å². The van der Waals surface area contributed by atoms with Crippen LogP contribution in [-0.4, -0.2) is 61.0 Å². The number of amides is 2. The summed E-state index contributed by atoms with van der Waals surface area (Å²) in [5.41, 5.74) is 0. The predicted octanol–water partition coefficient (Wildman–Crippen LogP) is 3.12. The average Bonchev–Trinajstić information content (AvgIpc) is 2.72. The van der Waals surface area contributed by atoms with E-state index in [2.05, 4.69) is 0 Å². The van der Waals surface area contributed by atoms with Crippen LogP contribution in [-0.2, 0) is 9.59 Å². The lowest BCUT2D eigenvalue weighted by atomic mass is 10.3. The summed E-state index contributed by atoms with van der Waals surface area (Å²) in [6.45, 7) is 1.61. The van der Waals surface area contributed by atoms with Gasteiger partial charge in [-0.05, 0) is 24.3 Å². The number of benzene rings is 2. The summed E-state index contributed by atoms with van der Waals surface area (Å²) >= 11 is 12.0. The van der Waals surface area contributed by atoms with Crippen molar-refractivity contribution in [3.05, 3.63) is 58.6 Å². The van der Waals surface area contributed by atoms with Gasteiger partial charge in [0.2, 0.25) is 0 Å². The zero-order valence-electron chi connectivity index (χ0n) is 15.1. The third-order valence-electron chi connectivity index (χ3n) is 4.36. The first kappa shape index (κ1) is 20.3. The molecule has 0 aliphatic carbocycles. The van der Waals surface area contributed by atoms with E-state index in [9.17, 15) is 9.59 Å². The van der Waals surface area contributed by atoms with Crippen LogP contribution in [0.4, 0.5) is 0 Å². The number of piperazine rings is 1. The molecule has 1 fully saturated rings. The fourth-order valence-electron chi connectivity index (χ4n) is 2.79. The Morgan fingerprint density at radius 1 is 0.714 bits per heavy atom. The molecule has 148 valence electrons. The number of ether oxygens (including phenoxy) is 2. The van der Waals surface area contributed by atoms with Gasteiger partial charge < -0.3 is 19.3 Å². The van der Waals surface area contributed by atoms with Crippen molar-refractivity contribution in [2.45, 2.75) is 0 Å². The number of hydrogen-bond donors (Lipinski definition) is 0. The number of hydrogen-bond acceptors (Lipinski definition) is 4. The molecule has 2 aromatic carbocycles. The molecule has 0 radical (unpaired) electrons. The molecule has 0 N–H and O–H groups in total. The van der Waals surface area contributed by atoms with Crippen LogP contribution in [0.15, 0.2) is 48.5 Å². The average molecular weight is 423 g/mol. The van der Waals surface area contributed by atoms with Crippen molar-refractivity contribution >= 4 is 35.0 Å². The monoisotopic (exact) mass is 422 g/mol. The first-order chi connectivity index (χ1) is 13.5. The van der Waals surface area contributed by atoms with E-state index < -0.39 is 0 Å². The van der Waals surface area contributed by atoms with Gasteiger partial charge in [-0.1, -0.05) is 47.5 Å². The van der Waals surface area contributed by atoms with Crippen LogP contribution in [0.3, 0.4) is 0 Å². The number of halogens is 2. The minimum atomic E-state index is -0.140. The van der Waals surface area contributed by atoms with E-state index in [1.807, 2.05) is 0 Å². The second-order valence-electron chi connectivity index (χ2n) is 6.20. The Bertz CT molecular complexity index is 769. The molecule has 0 atom stereocenters. The predicted molar refractivity (Wildman–Crippen MR) is 107 cm³/mol. The first-order valence-corrected chi connectivity index (χ1v) is 9.60. The van der Waals surface area contributed by atoms with E-state index in [0.29, 0.717) is 47.7 Å². The number of para-hydroxylation sites is 2. The highest BCUT2D eigenvalue weighted by atomic mass is 35.5. The van der Waals surface area contributed by atoms with Crippen LogP contribution in [0, 0.1) is 0 Å². The van der Waals surface area contributed by atoms with Gasteiger partial charge in [-0.2, -0.15) is 0 Å². The van der Waals surface area contributed by atoms with Gasteiger partial charge in [0.25, 0.3) is 11.8 Å². The largest absolute Gasteiger partial charge is 0.482 e. The second-order valence-corrected chi connectivity index (χ2v) is 7.01. The molecule has 2 aromatic rings. The van der Waals surface area contributed by atoms with Crippen LogP contribution in [0.1, 0.15) is 0 Å². The van der Waals surface area contributed by atoms with Gasteiger partial charge >= 0.3 is 0 Å². The number of nitrogens with zero attached hydrogens (tertiary/aromatic N) is 2. The van der Waals surface area contributed by atoms with Crippen LogP contribution < -0.4 is 9.47 Å². The maximum atomic E-state index is 12.3. The van der Waals surface area contributed by atoms with Crippen LogP contribution in [0.2, 0.25) is 10.0 Å². The third kappa shape index (κ3) is 5.30. The number of carbonyl (C=O) groups excluding carboxylic acids is 2. The summed E-state index contributed by atoms with van der Waals surface area (Å²) < 4.78 is 11.0. The van der Waals surface area contributed by atoms with Gasteiger partial charge in [0.05, 0.1) is 10.0 Å². The normalized spacial score (nSPS) is 13.9. The molecule has 0 spiro atoms. The van der Waals surface area contributed by atoms with E-state index in [1.54, 1.807) is 58.3 Å². The molecular weight excluding hydrogens is 403 g/mol. The van der Waals surface area contributed by atoms with Crippen molar-refractivity contribution in [1.82, 2.24) is 9.80 Å². The maximum Gasteiger partial charge on any atom is 0.260 e. The number of carbonyl (C=O) groups is 2. The van der Waals surface area contributed by atoms with Gasteiger partial charge in [-0.15, -0.1) is 0 Å². The topological polar surface area (TPSA) is 59.1 Å². The maximum absolute atomic E-state index is 12.3. The van der Waals surface area contributed by atoms with Gasteiger partial charge in [-0.3, -0.25) is 9.59 Å². The third-order valence-corrected chi connectivity index (χ3v) is 4.99. The van der Waals surface area contributed by atoms with Crippen molar-refractivity contribution in [2.24, 2.45) is 0 Å². The molecular formula is C20H20Cl2N2O4. The van der Waals surface area contributed by atoms with Crippen LogP contribution in [0.25, 0.3) is 0 Å². The summed E-state index contributed by atoms with van der Waals surface area (Å²) in [4.78, 5) is 28.0. The highest BCUT2D eigenvalue weighted by molar-refractivity contribution is 6.32. The van der Waals surface area contributed by atoms with E-state index in [4.69, 9.17) is 32.7 Å². The summed E-state index contributed by atoms with van der Waals surface area (Å²) in [6, 6.07) is 14.0. The molecule has 6 nitrogen and oxygen atoms in total. The quantitative estimate of drug-likeness (QED) is 0.717. The summed E-state index contributed by atoms with van der Waals surface area (Å²) in [5.74, 6) is 0.671. The van der Waals surface area contributed by atoms with Crippen molar-refractivity contribution in [1.29, 1.82) is 0 Å². The molecule has 8 heteroatoms. The SMILES string of the molecule is O=C(COc1ccccc1Cl)N1CCN(C(=O)COc2ccccc2Cl)CC1. The second kappa shape index (κ2) is 9.66. The smallest absolute Gasteiger partial charge is 0.260 e. The van der Waals surface area contributed by atoms with Crippen molar-refractivity contribution in [3.63, 3.8) is 0 Å². The lowest BCUT2D eigenvalue weighted by Crippen LogP contribution is -2.52. The van der Waals surface area contributed by atoms with Gasteiger partial charge in [0.15, 0.2) is 13.2 Å². The standard InChI is InChI=1S/C20H20Cl2N2O4/c21-15-5-1-3-7-17(15)27-13-19(25)23-9-11-24(12-10-23)20(26)14-28-18-8-4-2-6-16(18)22/h1-8H,9-14H2. The Hall–Kier alpha value is -2.44. The Morgan fingerprint density at radius 2 is 1.07 bits per heavy atom. The first-order valence-electron chi connectivity index (χ1n) is 8.85. The molecule has 0 bridgehead atoms. The lowest BCUT2D eigenvalue weighted by molar-refractivity contribution is -0.141. The highest BCUT2D eigenvalue weighted by Gasteiger charge is 2.24. The molecule has 2 amide bonds. The fourth-order valence-corrected chi connectivity index (χ4v) is 3.17. The molecule has 1 saturated heterocycles. The highest BCUT2D eigenvalue weighted by Crippen LogP contribution is 2.24. The minimum Gasteiger partial charge on any atom is -0.482 e. The number of rotatable bonds is 6. The van der Waals surface area contributed by atoms with Crippen LogP contribution in [0.5, 0.6) is 11.5 Å². The molecule has 0 unspecified atom stereocenters. The zero-order chi connectivity index (χ0) is 19.9. The summed E-state index contributed by atoms with van der Waals surface area (Å²) in [5, 5.41) is 0.925. The molecule has 0 saturated carbocycles. The van der Waals surface area contributed by atoms with Crippen molar-refractivity contribution in [3.8, 4) is 11.5 Å². The van der Waals surface area contributed by atoms with Crippen LogP contribution >= 0.6 is 23.2 Å². The Balaban J connectivity index is 1.42. The molecule has 28 heavy (non-hydrogen) atoms. The van der Waals surface area contributed by atoms with Gasteiger partial charge in [-0.25, -0.2) is 0 Å². The van der Waals surface area contributed by atoms with Crippen molar-refractivity contribution < 1.29 is 19.1 Å². The lowest BCUT2D eigenvalue weighted by Gasteiger charge is -2.34. The van der Waals surface area contributed by atoms with Gasteiger partial charge in [0.1, 0.15) is 11.5 Å². The molecule has 1 aliphatic heterocycles. The van der Waals surface area contributed by atoms with E-state index >= 15 is 0 Å². The van der Waals surface area contributed by atoms with E-state index in [1.165, 1.54) is 0 Å². The van der Waals surface area contributed by atoms with E-state index in [-0.39, 0.29) is 25.0 Å². The minimum absolute atomic E-state index is 0.0900. The Morgan fingerprint density at radius 3 is 1.43 bits per heavy atom. The molecule has 1 aliphatic rings. The van der Waals surface area contributed by atoms with Gasteiger partial charge in [0, 0.05) is 26.2 Å². The molecule has 1 heterocycles. The van der Waals surface area contributed by atoms with E-state index in [0.717, 1.165) is 0 Å². The molecule has 0 aromatic heterocycles. The Kier molecular flexibility index (Phi) is 7.01. The summed E-state index contributed by atoms with van der Waals surface area (Å²) in [7, 11) is 0.